The second kappa shape index (κ2) is 5.96. The fraction of sp³-hybridized carbons (Fsp3) is 0.500. The van der Waals surface area contributed by atoms with Gasteiger partial charge in [-0.25, -0.2) is 4.39 Å². The molecular formula is C14H19FN2O. The minimum atomic E-state index is -0.256. The van der Waals surface area contributed by atoms with E-state index < -0.39 is 0 Å². The molecule has 1 heterocycles. The minimum Gasteiger partial charge on any atom is -0.349 e. The van der Waals surface area contributed by atoms with Crippen LogP contribution in [0.4, 0.5) is 4.39 Å². The predicted molar refractivity (Wildman–Crippen MR) is 68.6 cm³/mol. The Morgan fingerprint density at radius 3 is 2.78 bits per heavy atom. The van der Waals surface area contributed by atoms with Crippen molar-refractivity contribution in [3.05, 3.63) is 35.6 Å². The number of carbonyl (C=O) groups is 1. The topological polar surface area (TPSA) is 41.1 Å². The van der Waals surface area contributed by atoms with Crippen LogP contribution in [0.1, 0.15) is 31.4 Å². The van der Waals surface area contributed by atoms with Gasteiger partial charge in [0.2, 0.25) is 5.91 Å². The number of hydrogen-bond acceptors (Lipinski definition) is 2. The highest BCUT2D eigenvalue weighted by Gasteiger charge is 2.22. The van der Waals surface area contributed by atoms with Crippen molar-refractivity contribution < 1.29 is 9.18 Å². The van der Waals surface area contributed by atoms with Crippen molar-refractivity contribution in [1.82, 2.24) is 10.6 Å². The van der Waals surface area contributed by atoms with Crippen molar-refractivity contribution >= 4 is 5.91 Å². The largest absolute Gasteiger partial charge is 0.349 e. The summed E-state index contributed by atoms with van der Waals surface area (Å²) in [6.45, 7) is 3.67. The number of amides is 1. The van der Waals surface area contributed by atoms with Crippen LogP contribution in [0, 0.1) is 11.7 Å². The first kappa shape index (κ1) is 13.0. The van der Waals surface area contributed by atoms with Crippen LogP contribution in [-0.4, -0.2) is 19.0 Å². The van der Waals surface area contributed by atoms with E-state index in [-0.39, 0.29) is 23.7 Å². The number of hydrogen-bond donors (Lipinski definition) is 2. The second-order valence-electron chi connectivity index (χ2n) is 4.83. The first-order valence-corrected chi connectivity index (χ1v) is 6.43. The quantitative estimate of drug-likeness (QED) is 0.861. The third-order valence-corrected chi connectivity index (χ3v) is 3.40. The van der Waals surface area contributed by atoms with Gasteiger partial charge in [-0.05, 0) is 44.0 Å². The lowest BCUT2D eigenvalue weighted by atomic mass is 9.98. The highest BCUT2D eigenvalue weighted by Crippen LogP contribution is 2.16. The van der Waals surface area contributed by atoms with Gasteiger partial charge < -0.3 is 10.6 Å². The van der Waals surface area contributed by atoms with Crippen molar-refractivity contribution in [1.29, 1.82) is 0 Å². The lowest BCUT2D eigenvalue weighted by Crippen LogP contribution is -2.41. The van der Waals surface area contributed by atoms with Gasteiger partial charge in [0.25, 0.3) is 0 Å². The van der Waals surface area contributed by atoms with E-state index in [9.17, 15) is 9.18 Å². The molecule has 1 aliphatic rings. The Morgan fingerprint density at radius 2 is 2.17 bits per heavy atom. The molecule has 0 radical (unpaired) electrons. The van der Waals surface area contributed by atoms with Gasteiger partial charge in [-0.1, -0.05) is 12.1 Å². The average molecular weight is 250 g/mol. The zero-order valence-corrected chi connectivity index (χ0v) is 10.6. The summed E-state index contributed by atoms with van der Waals surface area (Å²) in [6, 6.07) is 6.17. The summed E-state index contributed by atoms with van der Waals surface area (Å²) in [5.41, 5.74) is 0.925. The van der Waals surface area contributed by atoms with Crippen LogP contribution in [0.25, 0.3) is 0 Å². The third kappa shape index (κ3) is 3.29. The van der Waals surface area contributed by atoms with Gasteiger partial charge in [-0.3, -0.25) is 4.79 Å². The molecule has 98 valence electrons. The summed E-state index contributed by atoms with van der Waals surface area (Å²) in [5, 5.41) is 6.21. The van der Waals surface area contributed by atoms with Gasteiger partial charge in [0, 0.05) is 6.54 Å². The van der Waals surface area contributed by atoms with Gasteiger partial charge in [0.05, 0.1) is 12.0 Å². The van der Waals surface area contributed by atoms with Crippen LogP contribution in [0.15, 0.2) is 24.3 Å². The molecule has 3 nitrogen and oxygen atoms in total. The molecular weight excluding hydrogens is 231 g/mol. The lowest BCUT2D eigenvalue weighted by Gasteiger charge is -2.24. The number of piperidine rings is 1. The van der Waals surface area contributed by atoms with Gasteiger partial charge in [-0.15, -0.1) is 0 Å². The fourth-order valence-electron chi connectivity index (χ4n) is 2.24. The molecule has 18 heavy (non-hydrogen) atoms. The van der Waals surface area contributed by atoms with Crippen molar-refractivity contribution in [3.8, 4) is 0 Å². The summed E-state index contributed by atoms with van der Waals surface area (Å²) in [5.74, 6) is -0.116. The van der Waals surface area contributed by atoms with E-state index in [2.05, 4.69) is 10.6 Å². The average Bonchev–Trinajstić information content (AvgIpc) is 2.40. The molecule has 0 aromatic heterocycles. The van der Waals surface area contributed by atoms with Crippen LogP contribution in [0.2, 0.25) is 0 Å². The summed E-state index contributed by atoms with van der Waals surface area (Å²) < 4.78 is 12.8. The lowest BCUT2D eigenvalue weighted by molar-refractivity contribution is -0.126. The van der Waals surface area contributed by atoms with Crippen LogP contribution in [0.3, 0.4) is 0 Å². The van der Waals surface area contributed by atoms with Crippen LogP contribution in [-0.2, 0) is 4.79 Å². The molecule has 1 saturated heterocycles. The van der Waals surface area contributed by atoms with E-state index in [1.807, 2.05) is 6.92 Å². The Kier molecular flexibility index (Phi) is 4.31. The van der Waals surface area contributed by atoms with Crippen molar-refractivity contribution in [3.63, 3.8) is 0 Å². The molecule has 1 aliphatic heterocycles. The summed E-state index contributed by atoms with van der Waals surface area (Å²) in [4.78, 5) is 12.0. The Bertz CT molecular complexity index is 399. The highest BCUT2D eigenvalue weighted by molar-refractivity contribution is 5.79. The number of benzene rings is 1. The molecule has 1 aromatic carbocycles. The molecule has 0 unspecified atom stereocenters. The van der Waals surface area contributed by atoms with Gasteiger partial charge in [0.15, 0.2) is 0 Å². The Balaban J connectivity index is 1.91. The van der Waals surface area contributed by atoms with Crippen molar-refractivity contribution in [2.75, 3.05) is 13.1 Å². The van der Waals surface area contributed by atoms with E-state index in [1.165, 1.54) is 12.1 Å². The zero-order chi connectivity index (χ0) is 13.0. The van der Waals surface area contributed by atoms with Gasteiger partial charge in [0.1, 0.15) is 5.82 Å². The smallest absolute Gasteiger partial charge is 0.224 e. The number of carbonyl (C=O) groups excluding carboxylic acids is 1. The van der Waals surface area contributed by atoms with Gasteiger partial charge in [-0.2, -0.15) is 0 Å². The molecule has 1 amide bonds. The molecule has 0 saturated carbocycles. The Hall–Kier alpha value is -1.42. The minimum absolute atomic E-state index is 0.0571. The maximum Gasteiger partial charge on any atom is 0.224 e. The first-order valence-electron chi connectivity index (χ1n) is 6.43. The molecule has 0 aliphatic carbocycles. The van der Waals surface area contributed by atoms with E-state index >= 15 is 0 Å². The fourth-order valence-corrected chi connectivity index (χ4v) is 2.24. The molecule has 2 N–H and O–H groups in total. The summed E-state index contributed by atoms with van der Waals surface area (Å²) in [7, 11) is 0. The highest BCUT2D eigenvalue weighted by atomic mass is 19.1. The third-order valence-electron chi connectivity index (χ3n) is 3.40. The molecule has 4 heteroatoms. The normalized spacial score (nSPS) is 21.3. The standard InChI is InChI=1S/C14H19FN2O/c1-10(11-4-6-13(15)7-5-11)17-14(18)12-3-2-8-16-9-12/h4-7,10,12,16H,2-3,8-9H2,1H3,(H,17,18)/t10-,12+/m0/s1. The van der Waals surface area contributed by atoms with Gasteiger partial charge >= 0.3 is 0 Å². The monoisotopic (exact) mass is 250 g/mol. The molecule has 2 atom stereocenters. The number of halogens is 1. The maximum atomic E-state index is 12.8. The Morgan fingerprint density at radius 1 is 1.44 bits per heavy atom. The second-order valence-corrected chi connectivity index (χ2v) is 4.83. The van der Waals surface area contributed by atoms with E-state index in [0.29, 0.717) is 0 Å². The van der Waals surface area contributed by atoms with Crippen LogP contribution >= 0.6 is 0 Å². The van der Waals surface area contributed by atoms with Crippen molar-refractivity contribution in [2.45, 2.75) is 25.8 Å². The zero-order valence-electron chi connectivity index (χ0n) is 10.6. The van der Waals surface area contributed by atoms with Crippen molar-refractivity contribution in [2.24, 2.45) is 5.92 Å². The summed E-state index contributed by atoms with van der Waals surface area (Å²) in [6.07, 6.45) is 1.98. The van der Waals surface area contributed by atoms with Crippen LogP contribution in [0.5, 0.6) is 0 Å². The maximum absolute atomic E-state index is 12.8. The molecule has 0 bridgehead atoms. The molecule has 0 spiro atoms. The molecule has 2 rings (SSSR count). The van der Waals surface area contributed by atoms with E-state index in [1.54, 1.807) is 12.1 Å². The number of nitrogens with one attached hydrogen (secondary N) is 2. The SMILES string of the molecule is C[C@H](NC(=O)[C@@H]1CCCNC1)c1ccc(F)cc1. The molecule has 1 aromatic rings. The van der Waals surface area contributed by atoms with E-state index in [0.717, 1.165) is 31.5 Å². The van der Waals surface area contributed by atoms with Crippen LogP contribution < -0.4 is 10.6 Å². The van der Waals surface area contributed by atoms with E-state index in [4.69, 9.17) is 0 Å². The molecule has 1 fully saturated rings. The summed E-state index contributed by atoms with van der Waals surface area (Å²) >= 11 is 0. The Labute approximate surface area is 107 Å². The predicted octanol–water partition coefficient (Wildman–Crippen LogP) is 2.00. The first-order chi connectivity index (χ1) is 8.66. The number of rotatable bonds is 3.